The van der Waals surface area contributed by atoms with Crippen molar-refractivity contribution in [3.63, 3.8) is 0 Å². The standard InChI is InChI=1S/C21H23N5O3S/c1-3-12-25(16-8-5-4-6-9-16)20(27)15-30-21-24-23-19(26(21)22)14-29-18-11-7-10-17(13-18)28-2/h3-11,13H,1,12,14-15,22H2,2H3. The predicted octanol–water partition coefficient (Wildman–Crippen LogP) is 2.89. The SMILES string of the molecule is C=CCN(C(=O)CSc1nnc(COc2cccc(OC)c2)n1N)c1ccccc1. The first-order valence-electron chi connectivity index (χ1n) is 9.17. The molecule has 156 valence electrons. The highest BCUT2D eigenvalue weighted by Crippen LogP contribution is 2.21. The zero-order valence-electron chi connectivity index (χ0n) is 16.6. The average Bonchev–Trinajstić information content (AvgIpc) is 3.14. The highest BCUT2D eigenvalue weighted by Gasteiger charge is 2.17. The minimum Gasteiger partial charge on any atom is -0.497 e. The maximum Gasteiger partial charge on any atom is 0.237 e. The molecule has 9 heteroatoms. The van der Waals surface area contributed by atoms with E-state index in [1.54, 1.807) is 24.2 Å². The predicted molar refractivity (Wildman–Crippen MR) is 117 cm³/mol. The van der Waals surface area contributed by atoms with E-state index in [1.165, 1.54) is 16.4 Å². The molecule has 0 saturated heterocycles. The summed E-state index contributed by atoms with van der Waals surface area (Å²) in [5, 5.41) is 8.56. The fourth-order valence-electron chi connectivity index (χ4n) is 2.64. The van der Waals surface area contributed by atoms with Gasteiger partial charge in [-0.05, 0) is 24.3 Å². The molecule has 1 amide bonds. The number of nitrogens with zero attached hydrogens (tertiary/aromatic N) is 4. The van der Waals surface area contributed by atoms with Crippen LogP contribution in [0.1, 0.15) is 5.82 Å². The Morgan fingerprint density at radius 3 is 2.70 bits per heavy atom. The van der Waals surface area contributed by atoms with Crippen molar-refractivity contribution in [2.24, 2.45) is 0 Å². The number of rotatable bonds is 10. The molecule has 3 aromatic rings. The van der Waals surface area contributed by atoms with Crippen molar-refractivity contribution in [1.29, 1.82) is 0 Å². The van der Waals surface area contributed by atoms with Crippen LogP contribution in [0, 0.1) is 0 Å². The summed E-state index contributed by atoms with van der Waals surface area (Å²) in [6, 6.07) is 16.7. The number of aromatic nitrogens is 3. The number of thioether (sulfide) groups is 1. The van der Waals surface area contributed by atoms with Gasteiger partial charge in [-0.15, -0.1) is 16.8 Å². The molecular weight excluding hydrogens is 402 g/mol. The van der Waals surface area contributed by atoms with Crippen LogP contribution in [0.25, 0.3) is 0 Å². The van der Waals surface area contributed by atoms with Crippen molar-refractivity contribution in [3.8, 4) is 11.5 Å². The van der Waals surface area contributed by atoms with Gasteiger partial charge >= 0.3 is 0 Å². The van der Waals surface area contributed by atoms with Crippen molar-refractivity contribution in [3.05, 3.63) is 73.1 Å². The number of nitrogen functional groups attached to an aromatic ring is 1. The first-order valence-corrected chi connectivity index (χ1v) is 10.2. The molecule has 0 aliphatic carbocycles. The number of carbonyl (C=O) groups excluding carboxylic acids is 1. The second-order valence-corrected chi connectivity index (χ2v) is 7.10. The van der Waals surface area contributed by atoms with Gasteiger partial charge in [-0.25, -0.2) is 4.68 Å². The number of nitrogens with two attached hydrogens (primary N) is 1. The molecule has 0 aliphatic heterocycles. The summed E-state index contributed by atoms with van der Waals surface area (Å²) in [5.74, 6) is 7.93. The summed E-state index contributed by atoms with van der Waals surface area (Å²) >= 11 is 1.22. The van der Waals surface area contributed by atoms with Gasteiger partial charge in [-0.2, -0.15) is 0 Å². The van der Waals surface area contributed by atoms with Crippen LogP contribution < -0.4 is 20.2 Å². The van der Waals surface area contributed by atoms with Crippen LogP contribution in [0.2, 0.25) is 0 Å². The highest BCUT2D eigenvalue weighted by atomic mass is 32.2. The van der Waals surface area contributed by atoms with Crippen LogP contribution in [0.5, 0.6) is 11.5 Å². The van der Waals surface area contributed by atoms with E-state index in [-0.39, 0.29) is 18.3 Å². The zero-order chi connectivity index (χ0) is 21.3. The number of anilines is 1. The fraction of sp³-hybridized carbons (Fsp3) is 0.190. The fourth-order valence-corrected chi connectivity index (χ4v) is 3.39. The van der Waals surface area contributed by atoms with E-state index in [9.17, 15) is 4.79 Å². The van der Waals surface area contributed by atoms with E-state index in [4.69, 9.17) is 15.3 Å². The molecular formula is C21H23N5O3S. The monoisotopic (exact) mass is 425 g/mol. The van der Waals surface area contributed by atoms with Gasteiger partial charge in [-0.1, -0.05) is 42.1 Å². The van der Waals surface area contributed by atoms with Gasteiger partial charge in [0.2, 0.25) is 11.1 Å². The normalized spacial score (nSPS) is 10.4. The number of benzene rings is 2. The largest absolute Gasteiger partial charge is 0.497 e. The number of ether oxygens (including phenoxy) is 2. The summed E-state index contributed by atoms with van der Waals surface area (Å²) in [6.45, 7) is 4.28. The van der Waals surface area contributed by atoms with Crippen LogP contribution in [0.15, 0.2) is 72.4 Å². The molecule has 3 rings (SSSR count). The lowest BCUT2D eigenvalue weighted by Crippen LogP contribution is -2.32. The molecule has 0 bridgehead atoms. The number of hydrogen-bond donors (Lipinski definition) is 1. The Hall–Kier alpha value is -3.46. The average molecular weight is 426 g/mol. The molecule has 1 aromatic heterocycles. The molecule has 0 radical (unpaired) electrons. The minimum atomic E-state index is -0.0803. The van der Waals surface area contributed by atoms with E-state index in [0.717, 1.165) is 5.69 Å². The summed E-state index contributed by atoms with van der Waals surface area (Å²) in [7, 11) is 1.59. The summed E-state index contributed by atoms with van der Waals surface area (Å²) in [5.41, 5.74) is 0.810. The summed E-state index contributed by atoms with van der Waals surface area (Å²) in [6.07, 6.45) is 1.69. The maximum atomic E-state index is 12.7. The maximum absolute atomic E-state index is 12.7. The first-order chi connectivity index (χ1) is 14.6. The Kier molecular flexibility index (Phi) is 7.34. The lowest BCUT2D eigenvalue weighted by atomic mass is 10.3. The van der Waals surface area contributed by atoms with Crippen LogP contribution in [-0.4, -0.2) is 40.2 Å². The Balaban J connectivity index is 1.60. The molecule has 0 fully saturated rings. The van der Waals surface area contributed by atoms with Crippen LogP contribution in [-0.2, 0) is 11.4 Å². The van der Waals surface area contributed by atoms with Gasteiger partial charge in [0.15, 0.2) is 5.82 Å². The van der Waals surface area contributed by atoms with Crippen molar-refractivity contribution >= 4 is 23.4 Å². The van der Waals surface area contributed by atoms with Crippen LogP contribution >= 0.6 is 11.8 Å². The molecule has 0 spiro atoms. The van der Waals surface area contributed by atoms with Crippen LogP contribution in [0.4, 0.5) is 5.69 Å². The lowest BCUT2D eigenvalue weighted by Gasteiger charge is -2.20. The Labute approximate surface area is 179 Å². The number of amides is 1. The molecule has 0 atom stereocenters. The van der Waals surface area contributed by atoms with Gasteiger partial charge in [0, 0.05) is 18.3 Å². The van der Waals surface area contributed by atoms with E-state index in [0.29, 0.717) is 29.0 Å². The van der Waals surface area contributed by atoms with E-state index >= 15 is 0 Å². The molecule has 0 saturated carbocycles. The van der Waals surface area contributed by atoms with Crippen molar-refractivity contribution < 1.29 is 14.3 Å². The number of carbonyl (C=O) groups is 1. The number of para-hydroxylation sites is 1. The minimum absolute atomic E-state index is 0.0803. The van der Waals surface area contributed by atoms with Gasteiger partial charge in [0.05, 0.1) is 12.9 Å². The number of methoxy groups -OCH3 is 1. The lowest BCUT2D eigenvalue weighted by molar-refractivity contribution is -0.116. The molecule has 1 heterocycles. The quantitative estimate of drug-likeness (QED) is 0.303. The van der Waals surface area contributed by atoms with Crippen LogP contribution in [0.3, 0.4) is 0 Å². The highest BCUT2D eigenvalue weighted by molar-refractivity contribution is 7.99. The summed E-state index contributed by atoms with van der Waals surface area (Å²) in [4.78, 5) is 14.4. The molecule has 2 aromatic carbocycles. The Bertz CT molecular complexity index is 993. The van der Waals surface area contributed by atoms with Crippen molar-refractivity contribution in [2.45, 2.75) is 11.8 Å². The van der Waals surface area contributed by atoms with Gasteiger partial charge < -0.3 is 20.2 Å². The number of hydrogen-bond acceptors (Lipinski definition) is 7. The molecule has 0 unspecified atom stereocenters. The second-order valence-electron chi connectivity index (χ2n) is 6.15. The van der Waals surface area contributed by atoms with Crippen molar-refractivity contribution in [2.75, 3.05) is 30.1 Å². The Morgan fingerprint density at radius 2 is 1.97 bits per heavy atom. The van der Waals surface area contributed by atoms with E-state index in [1.807, 2.05) is 48.5 Å². The smallest absolute Gasteiger partial charge is 0.237 e. The summed E-state index contributed by atoms with van der Waals surface area (Å²) < 4.78 is 12.2. The molecule has 30 heavy (non-hydrogen) atoms. The molecule has 0 aliphatic rings. The third-order valence-corrected chi connectivity index (χ3v) is 5.08. The van der Waals surface area contributed by atoms with E-state index in [2.05, 4.69) is 16.8 Å². The zero-order valence-corrected chi connectivity index (χ0v) is 17.4. The first kappa shape index (κ1) is 21.3. The topological polar surface area (TPSA) is 95.5 Å². The molecule has 2 N–H and O–H groups in total. The van der Waals surface area contributed by atoms with Gasteiger partial charge in [-0.3, -0.25) is 4.79 Å². The van der Waals surface area contributed by atoms with E-state index < -0.39 is 0 Å². The molecule has 8 nitrogen and oxygen atoms in total. The third kappa shape index (κ3) is 5.32. The van der Waals surface area contributed by atoms with Crippen molar-refractivity contribution in [1.82, 2.24) is 14.9 Å². The van der Waals surface area contributed by atoms with Gasteiger partial charge in [0.1, 0.15) is 18.1 Å². The Morgan fingerprint density at radius 1 is 1.20 bits per heavy atom. The van der Waals surface area contributed by atoms with Gasteiger partial charge in [0.25, 0.3) is 0 Å². The third-order valence-electron chi connectivity index (χ3n) is 4.15. The second kappa shape index (κ2) is 10.4.